The second-order valence-electron chi connectivity index (χ2n) is 6.74. The number of hydrogen-bond acceptors (Lipinski definition) is 6. The molecule has 3 atom stereocenters. The lowest BCUT2D eigenvalue weighted by Gasteiger charge is -2.36. The van der Waals surface area contributed by atoms with Gasteiger partial charge in [0, 0.05) is 27.3 Å². The number of nitrogens with zero attached hydrogens (tertiary/aromatic N) is 2. The Morgan fingerprint density at radius 3 is 2.62 bits per heavy atom. The van der Waals surface area contributed by atoms with Crippen molar-refractivity contribution in [1.29, 1.82) is 0 Å². The summed E-state index contributed by atoms with van der Waals surface area (Å²) in [4.78, 5) is 27.7. The van der Waals surface area contributed by atoms with Gasteiger partial charge in [0.05, 0.1) is 30.1 Å². The van der Waals surface area contributed by atoms with Crippen molar-refractivity contribution in [3.05, 3.63) is 30.3 Å². The van der Waals surface area contributed by atoms with Crippen LogP contribution in [0.5, 0.6) is 0 Å². The van der Waals surface area contributed by atoms with Crippen LogP contribution < -0.4 is 15.8 Å². The van der Waals surface area contributed by atoms with Crippen molar-refractivity contribution in [2.75, 3.05) is 45.9 Å². The summed E-state index contributed by atoms with van der Waals surface area (Å²) in [7, 11) is 4.99. The molecule has 0 saturated carbocycles. The number of methoxy groups -OCH3 is 2. The minimum Gasteiger partial charge on any atom is -0.354 e. The summed E-state index contributed by atoms with van der Waals surface area (Å²) < 4.78 is 10.2. The molecule has 3 rings (SSSR count). The molecule has 3 unspecified atom stereocenters. The zero-order chi connectivity index (χ0) is 18.7. The van der Waals surface area contributed by atoms with Gasteiger partial charge in [-0.15, -0.1) is 0 Å². The number of carbonyl (C=O) groups is 2. The van der Waals surface area contributed by atoms with Gasteiger partial charge in [-0.3, -0.25) is 9.59 Å². The molecule has 2 saturated heterocycles. The molecule has 0 aromatic heterocycles. The van der Waals surface area contributed by atoms with E-state index in [0.29, 0.717) is 13.1 Å². The van der Waals surface area contributed by atoms with Crippen LogP contribution in [0.25, 0.3) is 0 Å². The number of benzene rings is 1. The summed E-state index contributed by atoms with van der Waals surface area (Å²) in [6.45, 7) is 1.47. The largest absolute Gasteiger partial charge is 0.354 e. The minimum absolute atomic E-state index is 0.00258. The molecule has 0 spiro atoms. The van der Waals surface area contributed by atoms with Gasteiger partial charge >= 0.3 is 0 Å². The maximum absolute atomic E-state index is 12.9. The number of hydrazine groups is 1. The van der Waals surface area contributed by atoms with E-state index in [1.54, 1.807) is 5.01 Å². The van der Waals surface area contributed by atoms with Gasteiger partial charge in [-0.2, -0.15) is 0 Å². The standard InChI is InChI=1S/C18H26N4O4/c1-21-10-13(17(23)19-9-15(25-2)26-3)16-14(11-21)18(24)22(20-16)12-7-5-4-6-8-12/h4-8,13-16,20H,9-11H2,1-3H3,(H,19,23). The third-order valence-corrected chi connectivity index (χ3v) is 5.02. The smallest absolute Gasteiger partial charge is 0.247 e. The lowest BCUT2D eigenvalue weighted by Crippen LogP contribution is -2.56. The van der Waals surface area contributed by atoms with Crippen LogP contribution in [0.1, 0.15) is 0 Å². The number of carbonyl (C=O) groups excluding carboxylic acids is 2. The van der Waals surface area contributed by atoms with Crippen molar-refractivity contribution in [3.8, 4) is 0 Å². The lowest BCUT2D eigenvalue weighted by molar-refractivity contribution is -0.134. The van der Waals surface area contributed by atoms with Gasteiger partial charge in [-0.05, 0) is 19.2 Å². The molecule has 0 radical (unpaired) electrons. The van der Waals surface area contributed by atoms with Crippen LogP contribution in [0.3, 0.4) is 0 Å². The number of hydrogen-bond donors (Lipinski definition) is 2. The van der Waals surface area contributed by atoms with Gasteiger partial charge in [-0.1, -0.05) is 18.2 Å². The monoisotopic (exact) mass is 362 g/mol. The Balaban J connectivity index is 1.73. The SMILES string of the molecule is COC(CNC(=O)C1CN(C)CC2C(=O)N(c3ccccc3)NC12)OC. The van der Waals surface area contributed by atoms with Crippen LogP contribution in [0.4, 0.5) is 5.69 Å². The number of ether oxygens (including phenoxy) is 2. The Labute approximate surface area is 153 Å². The van der Waals surface area contributed by atoms with Crippen molar-refractivity contribution in [2.45, 2.75) is 12.3 Å². The van der Waals surface area contributed by atoms with E-state index in [2.05, 4.69) is 10.7 Å². The van der Waals surface area contributed by atoms with Gasteiger partial charge in [0.2, 0.25) is 11.8 Å². The van der Waals surface area contributed by atoms with Crippen molar-refractivity contribution in [3.63, 3.8) is 0 Å². The highest BCUT2D eigenvalue weighted by atomic mass is 16.7. The van der Waals surface area contributed by atoms with Crippen LogP contribution in [0.2, 0.25) is 0 Å². The summed E-state index contributed by atoms with van der Waals surface area (Å²) in [5.74, 6) is -0.714. The summed E-state index contributed by atoms with van der Waals surface area (Å²) in [6.07, 6.45) is -0.491. The van der Waals surface area contributed by atoms with E-state index in [1.165, 1.54) is 14.2 Å². The van der Waals surface area contributed by atoms with E-state index in [1.807, 2.05) is 42.3 Å². The number of fused-ring (bicyclic) bond motifs is 1. The molecule has 1 aromatic rings. The van der Waals surface area contributed by atoms with Gasteiger partial charge in [0.15, 0.2) is 6.29 Å². The highest BCUT2D eigenvalue weighted by Crippen LogP contribution is 2.31. The Kier molecular flexibility index (Phi) is 5.87. The van der Waals surface area contributed by atoms with Crippen LogP contribution in [-0.2, 0) is 19.1 Å². The summed E-state index contributed by atoms with van der Waals surface area (Å²) >= 11 is 0. The lowest BCUT2D eigenvalue weighted by atomic mass is 9.84. The molecule has 8 heteroatoms. The van der Waals surface area contributed by atoms with Gasteiger partial charge in [0.25, 0.3) is 0 Å². The number of piperidine rings is 1. The number of nitrogens with one attached hydrogen (secondary N) is 2. The molecule has 8 nitrogen and oxygen atoms in total. The fourth-order valence-electron chi connectivity index (χ4n) is 3.65. The second-order valence-corrected chi connectivity index (χ2v) is 6.74. The Bertz CT molecular complexity index is 637. The highest BCUT2D eigenvalue weighted by Gasteiger charge is 2.50. The van der Waals surface area contributed by atoms with Crippen LogP contribution in [-0.4, -0.2) is 69.9 Å². The van der Waals surface area contributed by atoms with Gasteiger partial charge in [-0.25, -0.2) is 10.4 Å². The number of para-hydroxylation sites is 1. The fourth-order valence-corrected chi connectivity index (χ4v) is 3.65. The molecule has 0 aliphatic carbocycles. The summed E-state index contributed by atoms with van der Waals surface area (Å²) in [5, 5.41) is 4.44. The zero-order valence-corrected chi connectivity index (χ0v) is 15.3. The van der Waals surface area contributed by atoms with Crippen molar-refractivity contribution < 1.29 is 19.1 Å². The molecular formula is C18H26N4O4. The average molecular weight is 362 g/mol. The molecule has 142 valence electrons. The summed E-state index contributed by atoms with van der Waals surface area (Å²) in [5.41, 5.74) is 4.04. The maximum Gasteiger partial charge on any atom is 0.247 e. The van der Waals surface area contributed by atoms with Gasteiger partial charge < -0.3 is 19.7 Å². The molecular weight excluding hydrogens is 336 g/mol. The van der Waals surface area contributed by atoms with Crippen LogP contribution in [0, 0.1) is 11.8 Å². The number of likely N-dealkylation sites (tertiary alicyclic amines) is 1. The first-order valence-corrected chi connectivity index (χ1v) is 8.72. The van der Waals surface area contributed by atoms with E-state index in [4.69, 9.17) is 9.47 Å². The number of amides is 2. The Morgan fingerprint density at radius 2 is 1.96 bits per heavy atom. The normalized spacial score (nSPS) is 26.2. The quantitative estimate of drug-likeness (QED) is 0.683. The first-order valence-electron chi connectivity index (χ1n) is 8.72. The highest BCUT2D eigenvalue weighted by molar-refractivity contribution is 5.98. The van der Waals surface area contributed by atoms with E-state index in [0.717, 1.165) is 5.69 Å². The predicted octanol–water partition coefficient (Wildman–Crippen LogP) is -0.181. The molecule has 0 bridgehead atoms. The van der Waals surface area contributed by atoms with Crippen LogP contribution >= 0.6 is 0 Å². The van der Waals surface area contributed by atoms with E-state index in [-0.39, 0.29) is 36.2 Å². The summed E-state index contributed by atoms with van der Waals surface area (Å²) in [6, 6.07) is 9.20. The fraction of sp³-hybridized carbons (Fsp3) is 0.556. The van der Waals surface area contributed by atoms with Crippen molar-refractivity contribution in [2.24, 2.45) is 11.8 Å². The molecule has 2 aliphatic rings. The third kappa shape index (κ3) is 3.73. The average Bonchev–Trinajstić information content (AvgIpc) is 2.99. The molecule has 2 aliphatic heterocycles. The predicted molar refractivity (Wildman–Crippen MR) is 96.1 cm³/mol. The van der Waals surface area contributed by atoms with E-state index < -0.39 is 6.29 Å². The molecule has 1 aromatic carbocycles. The minimum atomic E-state index is -0.491. The molecule has 2 N–H and O–H groups in total. The topological polar surface area (TPSA) is 83.1 Å². The Hall–Kier alpha value is -2.00. The van der Waals surface area contributed by atoms with Crippen LogP contribution in [0.15, 0.2) is 30.3 Å². The second kappa shape index (κ2) is 8.13. The molecule has 26 heavy (non-hydrogen) atoms. The number of rotatable bonds is 6. The van der Waals surface area contributed by atoms with E-state index >= 15 is 0 Å². The Morgan fingerprint density at radius 1 is 1.27 bits per heavy atom. The maximum atomic E-state index is 12.9. The first kappa shape index (κ1) is 18.8. The van der Waals surface area contributed by atoms with Gasteiger partial charge in [0.1, 0.15) is 0 Å². The first-order chi connectivity index (χ1) is 12.5. The number of anilines is 1. The third-order valence-electron chi connectivity index (χ3n) is 5.02. The van der Waals surface area contributed by atoms with Crippen molar-refractivity contribution in [1.82, 2.24) is 15.6 Å². The zero-order valence-electron chi connectivity index (χ0n) is 15.3. The van der Waals surface area contributed by atoms with E-state index in [9.17, 15) is 9.59 Å². The molecule has 2 heterocycles. The van der Waals surface area contributed by atoms with Crippen molar-refractivity contribution >= 4 is 17.5 Å². The molecule has 2 amide bonds. The molecule has 2 fully saturated rings.